The first kappa shape index (κ1) is 26.3. The maximum Gasteiger partial charge on any atom is 0.0561 e. The first-order valence-corrected chi connectivity index (χ1v) is 16.0. The molecule has 2 aliphatic carbocycles. The average molecular weight is 581 g/mol. The molecule has 2 heteroatoms. The van der Waals surface area contributed by atoms with Crippen LogP contribution in [0.25, 0.3) is 49.7 Å². The minimum Gasteiger partial charge on any atom is -0.345 e. The number of para-hydroxylation sites is 1. The van der Waals surface area contributed by atoms with Crippen LogP contribution in [-0.2, 0) is 10.8 Å². The van der Waals surface area contributed by atoms with Crippen LogP contribution in [0.5, 0.6) is 0 Å². The Hall–Kier alpha value is -5.08. The molecule has 7 aromatic rings. The number of fused-ring (bicyclic) bond motifs is 9. The largest absolute Gasteiger partial charge is 0.345 e. The van der Waals surface area contributed by atoms with E-state index < -0.39 is 0 Å². The third-order valence-corrected chi connectivity index (χ3v) is 10.8. The molecule has 2 aliphatic rings. The number of anilines is 2. The van der Waals surface area contributed by atoms with Gasteiger partial charge in [-0.15, -0.1) is 0 Å². The topological polar surface area (TPSA) is 8.17 Å². The lowest BCUT2D eigenvalue weighted by atomic mass is 9.82. The number of hydrogen-bond donors (Lipinski definition) is 0. The van der Waals surface area contributed by atoms with Gasteiger partial charge in [-0.1, -0.05) is 113 Å². The SMILES string of the molecule is CN(c1ccc2c(c1)C(C)(C)c1ccccc1-2)c1ccc2c3ccccc3n(-c3ccc4c(c3)C(C)(C)c3ccccc3-4)c2c1. The van der Waals surface area contributed by atoms with Crippen LogP contribution in [0.15, 0.2) is 127 Å². The molecule has 2 nitrogen and oxygen atoms in total. The van der Waals surface area contributed by atoms with E-state index in [4.69, 9.17) is 0 Å². The quantitative estimate of drug-likeness (QED) is 0.202. The number of nitrogens with zero attached hydrogens (tertiary/aromatic N) is 2. The molecule has 45 heavy (non-hydrogen) atoms. The summed E-state index contributed by atoms with van der Waals surface area (Å²) in [6.45, 7) is 9.41. The van der Waals surface area contributed by atoms with Crippen molar-refractivity contribution in [1.82, 2.24) is 4.57 Å². The Morgan fingerprint density at radius 2 is 0.956 bits per heavy atom. The van der Waals surface area contributed by atoms with Crippen molar-refractivity contribution >= 4 is 33.2 Å². The zero-order valence-electron chi connectivity index (χ0n) is 26.5. The van der Waals surface area contributed by atoms with Crippen LogP contribution in [0.4, 0.5) is 11.4 Å². The van der Waals surface area contributed by atoms with Gasteiger partial charge in [0.15, 0.2) is 0 Å². The number of aromatic nitrogens is 1. The Balaban J connectivity index is 1.19. The zero-order chi connectivity index (χ0) is 30.7. The standard InChI is InChI=1S/C43H36N2/c1-42(2)36-15-9-6-12-30(36)32-21-18-27(24-38(32)42)44(5)28-19-23-35-34-14-8-11-17-40(34)45(41(35)26-28)29-20-22-33-31-13-7-10-16-37(31)43(3,4)39(33)25-29/h6-26H,1-5H3. The first-order chi connectivity index (χ1) is 21.7. The van der Waals surface area contributed by atoms with E-state index in [-0.39, 0.29) is 10.8 Å². The Morgan fingerprint density at radius 3 is 1.67 bits per heavy atom. The van der Waals surface area contributed by atoms with E-state index in [1.54, 1.807) is 0 Å². The van der Waals surface area contributed by atoms with E-state index in [0.717, 1.165) is 0 Å². The molecule has 218 valence electrons. The Morgan fingerprint density at radius 1 is 0.444 bits per heavy atom. The minimum atomic E-state index is -0.0485. The normalized spacial score (nSPS) is 15.1. The first-order valence-electron chi connectivity index (χ1n) is 16.0. The van der Waals surface area contributed by atoms with Gasteiger partial charge in [0.25, 0.3) is 0 Å². The zero-order valence-corrected chi connectivity index (χ0v) is 26.5. The molecular formula is C43H36N2. The van der Waals surface area contributed by atoms with Gasteiger partial charge < -0.3 is 9.47 Å². The van der Waals surface area contributed by atoms with E-state index in [2.05, 4.69) is 172 Å². The summed E-state index contributed by atoms with van der Waals surface area (Å²) in [5.41, 5.74) is 17.0. The second-order valence-electron chi connectivity index (χ2n) is 13.9. The fourth-order valence-electron chi connectivity index (χ4n) is 8.33. The highest BCUT2D eigenvalue weighted by Gasteiger charge is 2.36. The van der Waals surface area contributed by atoms with Crippen LogP contribution >= 0.6 is 0 Å². The van der Waals surface area contributed by atoms with Crippen molar-refractivity contribution in [2.75, 3.05) is 11.9 Å². The minimum absolute atomic E-state index is 0.0276. The van der Waals surface area contributed by atoms with E-state index in [1.165, 1.54) is 83.4 Å². The molecule has 9 rings (SSSR count). The lowest BCUT2D eigenvalue weighted by Crippen LogP contribution is -2.16. The van der Waals surface area contributed by atoms with Crippen molar-refractivity contribution in [3.63, 3.8) is 0 Å². The van der Waals surface area contributed by atoms with Gasteiger partial charge in [0.05, 0.1) is 11.0 Å². The van der Waals surface area contributed by atoms with Crippen LogP contribution in [0.1, 0.15) is 49.9 Å². The summed E-state index contributed by atoms with van der Waals surface area (Å²) in [5, 5.41) is 2.55. The van der Waals surface area contributed by atoms with Gasteiger partial charge in [0.1, 0.15) is 0 Å². The second-order valence-corrected chi connectivity index (χ2v) is 13.9. The Kier molecular flexibility index (Phi) is 5.26. The van der Waals surface area contributed by atoms with E-state index in [9.17, 15) is 0 Å². The summed E-state index contributed by atoms with van der Waals surface area (Å²) in [6, 6.07) is 47.6. The maximum absolute atomic E-state index is 2.46. The third-order valence-electron chi connectivity index (χ3n) is 10.8. The average Bonchev–Trinajstić information content (AvgIpc) is 3.61. The Labute approximate surface area is 265 Å². The van der Waals surface area contributed by atoms with Crippen molar-refractivity contribution in [2.24, 2.45) is 0 Å². The molecule has 0 atom stereocenters. The fourth-order valence-corrected chi connectivity index (χ4v) is 8.33. The highest BCUT2D eigenvalue weighted by molar-refractivity contribution is 6.10. The molecule has 0 radical (unpaired) electrons. The van der Waals surface area contributed by atoms with Crippen LogP contribution in [0, 0.1) is 0 Å². The van der Waals surface area contributed by atoms with Gasteiger partial charge in [-0.05, 0) is 87.0 Å². The molecule has 1 aromatic heterocycles. The summed E-state index contributed by atoms with van der Waals surface area (Å²) in [4.78, 5) is 2.34. The van der Waals surface area contributed by atoms with Gasteiger partial charge in [0, 0.05) is 45.7 Å². The molecule has 0 fully saturated rings. The van der Waals surface area contributed by atoms with Gasteiger partial charge >= 0.3 is 0 Å². The number of hydrogen-bond acceptors (Lipinski definition) is 1. The van der Waals surface area contributed by atoms with Crippen LogP contribution < -0.4 is 4.90 Å². The van der Waals surface area contributed by atoms with Gasteiger partial charge in [0.2, 0.25) is 0 Å². The molecule has 0 N–H and O–H groups in total. The molecule has 0 spiro atoms. The predicted molar refractivity (Wildman–Crippen MR) is 190 cm³/mol. The molecule has 1 heterocycles. The van der Waals surface area contributed by atoms with Crippen LogP contribution in [-0.4, -0.2) is 11.6 Å². The fraction of sp³-hybridized carbons (Fsp3) is 0.163. The van der Waals surface area contributed by atoms with Crippen molar-refractivity contribution in [1.29, 1.82) is 0 Å². The lowest BCUT2D eigenvalue weighted by Gasteiger charge is -2.25. The molecule has 0 bridgehead atoms. The third kappa shape index (κ3) is 3.51. The van der Waals surface area contributed by atoms with E-state index in [0.29, 0.717) is 0 Å². The summed E-state index contributed by atoms with van der Waals surface area (Å²) in [6.07, 6.45) is 0. The second kappa shape index (κ2) is 8.99. The highest BCUT2D eigenvalue weighted by Crippen LogP contribution is 2.51. The molecule has 0 aliphatic heterocycles. The summed E-state index contributed by atoms with van der Waals surface area (Å²) in [7, 11) is 2.19. The monoisotopic (exact) mass is 580 g/mol. The predicted octanol–water partition coefficient (Wildman–Crippen LogP) is 11.2. The molecule has 6 aromatic carbocycles. The molecule has 0 saturated carbocycles. The summed E-state index contributed by atoms with van der Waals surface area (Å²) in [5.74, 6) is 0. The van der Waals surface area contributed by atoms with Gasteiger partial charge in [-0.3, -0.25) is 0 Å². The molecule has 0 amide bonds. The molecule has 0 saturated heterocycles. The van der Waals surface area contributed by atoms with Crippen LogP contribution in [0.3, 0.4) is 0 Å². The number of benzene rings is 6. The van der Waals surface area contributed by atoms with Crippen LogP contribution in [0.2, 0.25) is 0 Å². The van der Waals surface area contributed by atoms with Crippen molar-refractivity contribution in [3.8, 4) is 27.9 Å². The van der Waals surface area contributed by atoms with Crippen molar-refractivity contribution < 1.29 is 0 Å². The smallest absolute Gasteiger partial charge is 0.0561 e. The lowest BCUT2D eigenvalue weighted by molar-refractivity contribution is 0.660. The molecular weight excluding hydrogens is 544 g/mol. The summed E-state index contributed by atoms with van der Waals surface area (Å²) >= 11 is 0. The van der Waals surface area contributed by atoms with Crippen molar-refractivity contribution in [3.05, 3.63) is 150 Å². The van der Waals surface area contributed by atoms with Gasteiger partial charge in [-0.25, -0.2) is 0 Å². The Bertz CT molecular complexity index is 2350. The summed E-state index contributed by atoms with van der Waals surface area (Å²) < 4.78 is 2.46. The van der Waals surface area contributed by atoms with Crippen molar-refractivity contribution in [2.45, 2.75) is 38.5 Å². The van der Waals surface area contributed by atoms with Gasteiger partial charge in [-0.2, -0.15) is 0 Å². The highest BCUT2D eigenvalue weighted by atomic mass is 15.1. The maximum atomic E-state index is 2.46. The number of rotatable bonds is 3. The van der Waals surface area contributed by atoms with E-state index in [1.807, 2.05) is 0 Å². The van der Waals surface area contributed by atoms with E-state index >= 15 is 0 Å². The molecule has 0 unspecified atom stereocenters.